The number of rotatable bonds is 3. The van der Waals surface area contributed by atoms with Crippen LogP contribution in [0.25, 0.3) is 0 Å². The molecular formula is C19H31F3N4O4. The number of amides is 3. The summed E-state index contributed by atoms with van der Waals surface area (Å²) >= 11 is 0. The minimum absolute atomic E-state index is 0.00893. The number of halogens is 3. The third-order valence-electron chi connectivity index (χ3n) is 5.45. The lowest BCUT2D eigenvalue weighted by molar-refractivity contribution is -0.192. The Kier molecular flexibility index (Phi) is 7.59. The molecule has 30 heavy (non-hydrogen) atoms. The van der Waals surface area contributed by atoms with Crippen molar-refractivity contribution in [3.63, 3.8) is 0 Å². The number of carboxylic acid groups (broad SMARTS) is 1. The Bertz CT molecular complexity index is 654. The van der Waals surface area contributed by atoms with Gasteiger partial charge >= 0.3 is 18.2 Å². The van der Waals surface area contributed by atoms with E-state index in [1.165, 1.54) is 12.8 Å². The van der Waals surface area contributed by atoms with Crippen LogP contribution < -0.4 is 5.32 Å². The van der Waals surface area contributed by atoms with Crippen LogP contribution in [0, 0.1) is 11.3 Å². The van der Waals surface area contributed by atoms with Gasteiger partial charge in [0, 0.05) is 64.2 Å². The molecule has 3 aliphatic rings. The minimum atomic E-state index is -5.08. The molecule has 2 heterocycles. The van der Waals surface area contributed by atoms with Crippen LogP contribution in [0.3, 0.4) is 0 Å². The van der Waals surface area contributed by atoms with E-state index in [0.29, 0.717) is 13.0 Å². The zero-order valence-corrected chi connectivity index (χ0v) is 17.7. The van der Waals surface area contributed by atoms with Gasteiger partial charge in [0.05, 0.1) is 0 Å². The van der Waals surface area contributed by atoms with Gasteiger partial charge < -0.3 is 25.1 Å². The smallest absolute Gasteiger partial charge is 0.475 e. The van der Waals surface area contributed by atoms with Crippen molar-refractivity contribution in [3.8, 4) is 0 Å². The van der Waals surface area contributed by atoms with Crippen molar-refractivity contribution in [1.29, 1.82) is 0 Å². The van der Waals surface area contributed by atoms with Crippen LogP contribution in [-0.2, 0) is 9.59 Å². The molecule has 0 bridgehead atoms. The molecule has 1 atom stereocenters. The molecule has 172 valence electrons. The van der Waals surface area contributed by atoms with Crippen LogP contribution in [0.15, 0.2) is 0 Å². The topological polar surface area (TPSA) is 93.2 Å². The molecule has 11 heteroatoms. The second-order valence-electron chi connectivity index (χ2n) is 8.93. The van der Waals surface area contributed by atoms with Crippen LogP contribution in [0.4, 0.5) is 18.0 Å². The standard InChI is InChI=1S/C17H30N4O2.C2HF3O2/c1-13(2)18-16(23)21-7-6-20(9-14-4-5-14)11-17(12-21)8-15(22)19(3)10-17;3-2(4,5)1(6)7/h13-14H,4-12H2,1-3H3,(H,18,23);(H,6,7). The summed E-state index contributed by atoms with van der Waals surface area (Å²) in [6, 6.07) is 0.145. The van der Waals surface area contributed by atoms with E-state index in [9.17, 15) is 22.8 Å². The molecule has 0 radical (unpaired) electrons. The van der Waals surface area contributed by atoms with E-state index < -0.39 is 12.1 Å². The number of aliphatic carboxylic acids is 1. The van der Waals surface area contributed by atoms with Gasteiger partial charge in [-0.05, 0) is 32.6 Å². The van der Waals surface area contributed by atoms with E-state index in [-0.39, 0.29) is 23.4 Å². The van der Waals surface area contributed by atoms with Gasteiger partial charge in [-0.15, -0.1) is 0 Å². The van der Waals surface area contributed by atoms with E-state index in [4.69, 9.17) is 9.90 Å². The zero-order chi connectivity index (χ0) is 22.7. The molecule has 8 nitrogen and oxygen atoms in total. The van der Waals surface area contributed by atoms with Crippen LogP contribution in [0.5, 0.6) is 0 Å². The molecule has 0 aromatic carbocycles. The Morgan fingerprint density at radius 3 is 2.23 bits per heavy atom. The largest absolute Gasteiger partial charge is 0.490 e. The molecule has 0 aromatic rings. The normalized spacial score (nSPS) is 25.2. The quantitative estimate of drug-likeness (QED) is 0.701. The second kappa shape index (κ2) is 9.40. The molecular weight excluding hydrogens is 405 g/mol. The van der Waals surface area contributed by atoms with Gasteiger partial charge in [0.2, 0.25) is 5.91 Å². The fourth-order valence-electron chi connectivity index (χ4n) is 4.00. The molecule has 1 spiro atoms. The Labute approximate surface area is 174 Å². The van der Waals surface area contributed by atoms with Gasteiger partial charge in [0.1, 0.15) is 0 Å². The van der Waals surface area contributed by atoms with E-state index in [1.807, 2.05) is 30.7 Å². The third kappa shape index (κ3) is 7.03. The van der Waals surface area contributed by atoms with E-state index in [0.717, 1.165) is 38.6 Å². The third-order valence-corrected chi connectivity index (χ3v) is 5.45. The molecule has 3 amide bonds. The summed E-state index contributed by atoms with van der Waals surface area (Å²) in [5.74, 6) is -1.71. The van der Waals surface area contributed by atoms with Crippen molar-refractivity contribution < 1.29 is 32.7 Å². The predicted octanol–water partition coefficient (Wildman–Crippen LogP) is 1.61. The summed E-state index contributed by atoms with van der Waals surface area (Å²) < 4.78 is 31.7. The molecule has 2 aliphatic heterocycles. The number of carbonyl (C=O) groups excluding carboxylic acids is 2. The zero-order valence-electron chi connectivity index (χ0n) is 17.7. The fraction of sp³-hybridized carbons (Fsp3) is 0.842. The maximum Gasteiger partial charge on any atom is 0.490 e. The molecule has 0 aromatic heterocycles. The Morgan fingerprint density at radius 2 is 1.80 bits per heavy atom. The first-order chi connectivity index (χ1) is 13.8. The van der Waals surface area contributed by atoms with Gasteiger partial charge in [0.15, 0.2) is 0 Å². The van der Waals surface area contributed by atoms with Crippen molar-refractivity contribution >= 4 is 17.9 Å². The second-order valence-corrected chi connectivity index (χ2v) is 8.93. The molecule has 3 rings (SSSR count). The first-order valence-electron chi connectivity index (χ1n) is 10.1. The maximum absolute atomic E-state index is 12.5. The van der Waals surface area contributed by atoms with Gasteiger partial charge in [0.25, 0.3) is 0 Å². The maximum atomic E-state index is 12.5. The Hall–Kier alpha value is -2.04. The highest BCUT2D eigenvalue weighted by Gasteiger charge is 2.46. The highest BCUT2D eigenvalue weighted by atomic mass is 19.4. The molecule has 2 N–H and O–H groups in total. The summed E-state index contributed by atoms with van der Waals surface area (Å²) in [6.45, 7) is 9.15. The van der Waals surface area contributed by atoms with Crippen molar-refractivity contribution in [3.05, 3.63) is 0 Å². The number of nitrogens with one attached hydrogen (secondary N) is 1. The summed E-state index contributed by atoms with van der Waals surface area (Å²) in [7, 11) is 1.88. The lowest BCUT2D eigenvalue weighted by Crippen LogP contribution is -2.48. The van der Waals surface area contributed by atoms with Crippen LogP contribution in [0.2, 0.25) is 0 Å². The summed E-state index contributed by atoms with van der Waals surface area (Å²) in [6.07, 6.45) is -1.85. The van der Waals surface area contributed by atoms with Gasteiger partial charge in [-0.3, -0.25) is 4.79 Å². The lowest BCUT2D eigenvalue weighted by Gasteiger charge is -2.33. The molecule has 1 unspecified atom stereocenters. The van der Waals surface area contributed by atoms with E-state index >= 15 is 0 Å². The number of carboxylic acids is 1. The average molecular weight is 436 g/mol. The van der Waals surface area contributed by atoms with Crippen molar-refractivity contribution in [1.82, 2.24) is 20.0 Å². The number of hydrogen-bond acceptors (Lipinski definition) is 4. The lowest BCUT2D eigenvalue weighted by atomic mass is 9.86. The number of likely N-dealkylation sites (tertiary alicyclic amines) is 1. The minimum Gasteiger partial charge on any atom is -0.475 e. The van der Waals surface area contributed by atoms with E-state index in [2.05, 4.69) is 10.2 Å². The summed E-state index contributed by atoms with van der Waals surface area (Å²) in [5.41, 5.74) is -0.106. The monoisotopic (exact) mass is 436 g/mol. The fourth-order valence-corrected chi connectivity index (χ4v) is 4.00. The Morgan fingerprint density at radius 1 is 1.20 bits per heavy atom. The predicted molar refractivity (Wildman–Crippen MR) is 103 cm³/mol. The summed E-state index contributed by atoms with van der Waals surface area (Å²) in [5, 5.41) is 10.1. The van der Waals surface area contributed by atoms with E-state index in [1.54, 1.807) is 0 Å². The first kappa shape index (κ1) is 24.2. The first-order valence-corrected chi connectivity index (χ1v) is 10.1. The molecule has 2 saturated heterocycles. The van der Waals surface area contributed by atoms with Gasteiger partial charge in [-0.1, -0.05) is 0 Å². The van der Waals surface area contributed by atoms with Gasteiger partial charge in [-0.2, -0.15) is 13.2 Å². The highest BCUT2D eigenvalue weighted by molar-refractivity contribution is 5.80. The van der Waals surface area contributed by atoms with Crippen molar-refractivity contribution in [2.75, 3.05) is 46.3 Å². The average Bonchev–Trinajstić information content (AvgIpc) is 3.37. The van der Waals surface area contributed by atoms with Crippen LogP contribution in [-0.4, -0.2) is 96.2 Å². The number of hydrogen-bond donors (Lipinski definition) is 2. The molecule has 1 saturated carbocycles. The number of urea groups is 1. The Balaban J connectivity index is 0.000000396. The molecule has 1 aliphatic carbocycles. The van der Waals surface area contributed by atoms with Crippen LogP contribution in [0.1, 0.15) is 33.1 Å². The highest BCUT2D eigenvalue weighted by Crippen LogP contribution is 2.36. The number of carbonyl (C=O) groups is 3. The van der Waals surface area contributed by atoms with Gasteiger partial charge in [-0.25, -0.2) is 9.59 Å². The van der Waals surface area contributed by atoms with Crippen molar-refractivity contribution in [2.45, 2.75) is 45.3 Å². The summed E-state index contributed by atoms with van der Waals surface area (Å²) in [4.78, 5) is 39.8. The van der Waals surface area contributed by atoms with Crippen molar-refractivity contribution in [2.24, 2.45) is 11.3 Å². The van der Waals surface area contributed by atoms with Crippen LogP contribution >= 0.6 is 0 Å². The number of alkyl halides is 3. The molecule has 3 fully saturated rings. The number of nitrogens with zero attached hydrogens (tertiary/aromatic N) is 3. The SMILES string of the molecule is CC(C)NC(=O)N1CCN(CC2CC2)CC2(CC(=O)N(C)C2)C1.O=C(O)C(F)(F)F.